The van der Waals surface area contributed by atoms with Crippen LogP contribution in [0.3, 0.4) is 0 Å². The highest BCUT2D eigenvalue weighted by atomic mass is 35.5. The number of rotatable bonds is 6. The molecule has 1 aliphatic heterocycles. The predicted molar refractivity (Wildman–Crippen MR) is 122 cm³/mol. The number of halogens is 1. The van der Waals surface area contributed by atoms with Gasteiger partial charge in [0.05, 0.1) is 12.2 Å². The van der Waals surface area contributed by atoms with Gasteiger partial charge in [-0.15, -0.1) is 0 Å². The Hall–Kier alpha value is -2.60. The van der Waals surface area contributed by atoms with Crippen LogP contribution in [0.2, 0.25) is 5.02 Å². The number of likely N-dealkylation sites (tertiary alicyclic amines) is 1. The van der Waals surface area contributed by atoms with E-state index in [-0.39, 0.29) is 24.6 Å². The summed E-state index contributed by atoms with van der Waals surface area (Å²) >= 11 is 6.26. The molecule has 6 nitrogen and oxygen atoms in total. The SMILES string of the molecule is Cc1nn(Cc2ccccc2Cl)c(C)c1/C=C/C(=O)OCC(=O)N1C(C)CCCC1C. The number of aromatic nitrogens is 2. The standard InChI is InChI=1S/C24H30ClN3O3/c1-16-8-7-9-17(2)28(16)23(29)15-31-24(30)13-12-21-18(3)26-27(19(21)4)14-20-10-5-6-11-22(20)25/h5-6,10-13,16-17H,7-9,14-15H2,1-4H3/b13-12+. The van der Waals surface area contributed by atoms with Crippen molar-refractivity contribution in [3.05, 3.63) is 57.9 Å². The Labute approximate surface area is 188 Å². The van der Waals surface area contributed by atoms with E-state index in [1.807, 2.05) is 61.5 Å². The lowest BCUT2D eigenvalue weighted by atomic mass is 9.97. The van der Waals surface area contributed by atoms with Crippen molar-refractivity contribution in [2.45, 2.75) is 65.6 Å². The van der Waals surface area contributed by atoms with Crippen LogP contribution < -0.4 is 0 Å². The third-order valence-electron chi connectivity index (χ3n) is 5.92. The molecule has 0 bridgehead atoms. The Bertz CT molecular complexity index is 972. The number of aryl methyl sites for hydroxylation is 1. The average Bonchev–Trinajstić information content (AvgIpc) is 2.99. The fourth-order valence-corrected chi connectivity index (χ4v) is 4.41. The molecule has 2 heterocycles. The van der Waals surface area contributed by atoms with Gasteiger partial charge >= 0.3 is 5.97 Å². The molecule has 1 fully saturated rings. The third kappa shape index (κ3) is 5.56. The molecule has 1 aromatic heterocycles. The summed E-state index contributed by atoms with van der Waals surface area (Å²) < 4.78 is 7.08. The summed E-state index contributed by atoms with van der Waals surface area (Å²) in [6, 6.07) is 8.01. The number of nitrogens with zero attached hydrogens (tertiary/aromatic N) is 3. The molecule has 1 aromatic carbocycles. The van der Waals surface area contributed by atoms with E-state index in [0.717, 1.165) is 41.8 Å². The zero-order valence-electron chi connectivity index (χ0n) is 18.6. The minimum Gasteiger partial charge on any atom is -0.452 e. The number of carbonyl (C=O) groups is 2. The van der Waals surface area contributed by atoms with Gasteiger partial charge in [0.2, 0.25) is 0 Å². The summed E-state index contributed by atoms with van der Waals surface area (Å²) in [6.07, 6.45) is 6.14. The zero-order chi connectivity index (χ0) is 22.5. The van der Waals surface area contributed by atoms with Crippen LogP contribution in [0, 0.1) is 13.8 Å². The number of piperidine rings is 1. The molecule has 1 amide bonds. The lowest BCUT2D eigenvalue weighted by Crippen LogP contribution is -2.49. The number of carbonyl (C=O) groups excluding carboxylic acids is 2. The Balaban J connectivity index is 1.61. The van der Waals surface area contributed by atoms with Gasteiger partial charge in [-0.05, 0) is 64.7 Å². The van der Waals surface area contributed by atoms with Crippen LogP contribution in [0.4, 0.5) is 0 Å². The fourth-order valence-electron chi connectivity index (χ4n) is 4.21. The molecule has 0 aliphatic carbocycles. The van der Waals surface area contributed by atoms with Gasteiger partial charge in [-0.1, -0.05) is 29.8 Å². The molecule has 166 valence electrons. The fraction of sp³-hybridized carbons (Fsp3) is 0.458. The summed E-state index contributed by atoms with van der Waals surface area (Å²) in [5.41, 5.74) is 3.56. The predicted octanol–water partition coefficient (Wildman–Crippen LogP) is 4.55. The number of hydrogen-bond acceptors (Lipinski definition) is 4. The number of hydrogen-bond donors (Lipinski definition) is 0. The molecule has 1 saturated heterocycles. The quantitative estimate of drug-likeness (QED) is 0.485. The molecule has 0 spiro atoms. The van der Waals surface area contributed by atoms with E-state index >= 15 is 0 Å². The van der Waals surface area contributed by atoms with Crippen LogP contribution in [0.5, 0.6) is 0 Å². The molecule has 0 N–H and O–H groups in total. The Morgan fingerprint density at radius 3 is 2.55 bits per heavy atom. The lowest BCUT2D eigenvalue weighted by molar-refractivity contribution is -0.151. The molecular formula is C24H30ClN3O3. The van der Waals surface area contributed by atoms with Crippen LogP contribution in [0.15, 0.2) is 30.3 Å². The van der Waals surface area contributed by atoms with Crippen LogP contribution in [0.1, 0.15) is 55.6 Å². The van der Waals surface area contributed by atoms with Crippen molar-refractivity contribution in [1.82, 2.24) is 14.7 Å². The largest absolute Gasteiger partial charge is 0.452 e. The second-order valence-electron chi connectivity index (χ2n) is 8.20. The average molecular weight is 444 g/mol. The van der Waals surface area contributed by atoms with Crippen molar-refractivity contribution in [3.63, 3.8) is 0 Å². The third-order valence-corrected chi connectivity index (χ3v) is 6.29. The van der Waals surface area contributed by atoms with Gasteiger partial charge < -0.3 is 9.64 Å². The summed E-state index contributed by atoms with van der Waals surface area (Å²) in [4.78, 5) is 26.6. The normalized spacial score (nSPS) is 19.1. The molecule has 2 aromatic rings. The Kier molecular flexibility index (Phi) is 7.55. The first-order valence-electron chi connectivity index (χ1n) is 10.7. The van der Waals surface area contributed by atoms with E-state index in [1.54, 1.807) is 6.08 Å². The number of amides is 1. The van der Waals surface area contributed by atoms with Crippen molar-refractivity contribution in [2.24, 2.45) is 0 Å². The van der Waals surface area contributed by atoms with Crippen molar-refractivity contribution < 1.29 is 14.3 Å². The van der Waals surface area contributed by atoms with Gasteiger partial charge in [-0.25, -0.2) is 4.79 Å². The highest BCUT2D eigenvalue weighted by Gasteiger charge is 2.29. The second kappa shape index (κ2) is 10.1. The molecule has 31 heavy (non-hydrogen) atoms. The van der Waals surface area contributed by atoms with E-state index in [9.17, 15) is 9.59 Å². The first-order valence-corrected chi connectivity index (χ1v) is 11.1. The molecule has 0 radical (unpaired) electrons. The lowest BCUT2D eigenvalue weighted by Gasteiger charge is -2.38. The molecule has 0 saturated carbocycles. The summed E-state index contributed by atoms with van der Waals surface area (Å²) in [5, 5.41) is 5.26. The highest BCUT2D eigenvalue weighted by Crippen LogP contribution is 2.23. The van der Waals surface area contributed by atoms with Crippen LogP contribution in [-0.4, -0.2) is 45.2 Å². The number of esters is 1. The molecule has 7 heteroatoms. The van der Waals surface area contributed by atoms with E-state index < -0.39 is 5.97 Å². The zero-order valence-corrected chi connectivity index (χ0v) is 19.4. The van der Waals surface area contributed by atoms with Gasteiger partial charge in [-0.2, -0.15) is 5.10 Å². The van der Waals surface area contributed by atoms with Crippen molar-refractivity contribution in [3.8, 4) is 0 Å². The van der Waals surface area contributed by atoms with Gasteiger partial charge in [0.25, 0.3) is 5.91 Å². The topological polar surface area (TPSA) is 64.4 Å². The van der Waals surface area contributed by atoms with Gasteiger partial charge in [0.1, 0.15) is 0 Å². The summed E-state index contributed by atoms with van der Waals surface area (Å²) in [5.74, 6) is -0.676. The maximum Gasteiger partial charge on any atom is 0.331 e. The number of ether oxygens (including phenoxy) is 1. The Morgan fingerprint density at radius 1 is 1.19 bits per heavy atom. The monoisotopic (exact) mass is 443 g/mol. The van der Waals surface area contributed by atoms with E-state index in [4.69, 9.17) is 16.3 Å². The van der Waals surface area contributed by atoms with Gasteiger partial charge in [-0.3, -0.25) is 9.48 Å². The first-order chi connectivity index (χ1) is 14.8. The molecular weight excluding hydrogens is 414 g/mol. The minimum atomic E-state index is -0.539. The summed E-state index contributed by atoms with van der Waals surface area (Å²) in [6.45, 7) is 8.24. The molecule has 2 atom stereocenters. The highest BCUT2D eigenvalue weighted by molar-refractivity contribution is 6.31. The number of benzene rings is 1. The maximum absolute atomic E-state index is 12.5. The van der Waals surface area contributed by atoms with Crippen molar-refractivity contribution in [2.75, 3.05) is 6.61 Å². The van der Waals surface area contributed by atoms with Crippen molar-refractivity contribution >= 4 is 29.6 Å². The van der Waals surface area contributed by atoms with E-state index in [1.165, 1.54) is 6.08 Å². The van der Waals surface area contributed by atoms with Crippen LogP contribution in [0.25, 0.3) is 6.08 Å². The smallest absolute Gasteiger partial charge is 0.331 e. The molecule has 1 aliphatic rings. The second-order valence-corrected chi connectivity index (χ2v) is 8.61. The summed E-state index contributed by atoms with van der Waals surface area (Å²) in [7, 11) is 0. The van der Waals surface area contributed by atoms with Gasteiger partial charge in [0.15, 0.2) is 6.61 Å². The molecule has 2 unspecified atom stereocenters. The first kappa shape index (κ1) is 23.1. The molecule has 3 rings (SSSR count). The Morgan fingerprint density at radius 2 is 1.87 bits per heavy atom. The van der Waals surface area contributed by atoms with Gasteiger partial charge in [0, 0.05) is 34.4 Å². The van der Waals surface area contributed by atoms with Crippen LogP contribution >= 0.6 is 11.6 Å². The van der Waals surface area contributed by atoms with E-state index in [0.29, 0.717) is 11.6 Å². The van der Waals surface area contributed by atoms with Crippen LogP contribution in [-0.2, 0) is 20.9 Å². The van der Waals surface area contributed by atoms with E-state index in [2.05, 4.69) is 5.10 Å². The maximum atomic E-state index is 12.5. The minimum absolute atomic E-state index is 0.138. The van der Waals surface area contributed by atoms with Crippen molar-refractivity contribution in [1.29, 1.82) is 0 Å².